The second-order valence-corrected chi connectivity index (χ2v) is 7.33. The highest BCUT2D eigenvalue weighted by Crippen LogP contribution is 2.50. The van der Waals surface area contributed by atoms with Gasteiger partial charge in [-0.1, -0.05) is 0 Å². The molecule has 116 valence electrons. The fraction of sp³-hybridized carbons (Fsp3) is 0.933. The van der Waals surface area contributed by atoms with Crippen LogP contribution in [0.25, 0.3) is 0 Å². The van der Waals surface area contributed by atoms with Crippen LogP contribution in [0.1, 0.15) is 46.5 Å². The van der Waals surface area contributed by atoms with Gasteiger partial charge in [0.05, 0.1) is 0 Å². The van der Waals surface area contributed by atoms with Crippen LogP contribution < -0.4 is 16.4 Å². The summed E-state index contributed by atoms with van der Waals surface area (Å²) in [5.74, 6) is 0.583. The van der Waals surface area contributed by atoms with Crippen LogP contribution in [-0.4, -0.2) is 37.4 Å². The average molecular weight is 283 g/mol. The summed E-state index contributed by atoms with van der Waals surface area (Å²) in [5, 5.41) is 6.28. The fourth-order valence-electron chi connectivity index (χ4n) is 3.05. The first-order chi connectivity index (χ1) is 9.32. The van der Waals surface area contributed by atoms with Gasteiger partial charge in [0.2, 0.25) is 0 Å². The highest BCUT2D eigenvalue weighted by atomic mass is 16.6. The van der Waals surface area contributed by atoms with E-state index >= 15 is 0 Å². The van der Waals surface area contributed by atoms with Crippen molar-refractivity contribution >= 4 is 6.09 Å². The fourth-order valence-corrected chi connectivity index (χ4v) is 3.05. The van der Waals surface area contributed by atoms with Gasteiger partial charge in [-0.25, -0.2) is 4.79 Å². The average Bonchev–Trinajstić information content (AvgIpc) is 3.16. The van der Waals surface area contributed by atoms with Crippen LogP contribution in [0.2, 0.25) is 0 Å². The van der Waals surface area contributed by atoms with E-state index in [0.717, 1.165) is 38.8 Å². The molecule has 2 aliphatic rings. The van der Waals surface area contributed by atoms with Gasteiger partial charge in [-0.05, 0) is 65.5 Å². The van der Waals surface area contributed by atoms with Gasteiger partial charge in [-0.15, -0.1) is 0 Å². The van der Waals surface area contributed by atoms with Crippen LogP contribution in [0.3, 0.4) is 0 Å². The van der Waals surface area contributed by atoms with Gasteiger partial charge in [0.1, 0.15) is 5.60 Å². The van der Waals surface area contributed by atoms with E-state index in [-0.39, 0.29) is 17.6 Å². The molecule has 0 aromatic rings. The molecular weight excluding hydrogens is 254 g/mol. The van der Waals surface area contributed by atoms with Gasteiger partial charge in [0.15, 0.2) is 0 Å². The molecule has 1 saturated heterocycles. The summed E-state index contributed by atoms with van der Waals surface area (Å²) in [5.41, 5.74) is 6.15. The number of rotatable bonds is 4. The van der Waals surface area contributed by atoms with Crippen molar-refractivity contribution in [3.63, 3.8) is 0 Å². The van der Waals surface area contributed by atoms with E-state index in [1.807, 2.05) is 20.8 Å². The van der Waals surface area contributed by atoms with Crippen LogP contribution in [0, 0.1) is 11.3 Å². The standard InChI is InChI=1S/C15H29N3O2/c1-14(2,3)20-13(19)18-10-15(6-7-15)12(16)11-4-8-17-9-5-11/h11-12,17H,4-10,16H2,1-3H3,(H,18,19). The van der Waals surface area contributed by atoms with Crippen molar-refractivity contribution in [3.8, 4) is 0 Å². The number of carbonyl (C=O) groups excluding carboxylic acids is 1. The lowest BCUT2D eigenvalue weighted by molar-refractivity contribution is 0.0508. The van der Waals surface area contributed by atoms with Crippen molar-refractivity contribution in [2.24, 2.45) is 17.1 Å². The molecule has 4 N–H and O–H groups in total. The van der Waals surface area contributed by atoms with E-state index in [1.165, 1.54) is 0 Å². The minimum atomic E-state index is -0.446. The lowest BCUT2D eigenvalue weighted by Gasteiger charge is -2.34. The van der Waals surface area contributed by atoms with E-state index in [4.69, 9.17) is 10.5 Å². The van der Waals surface area contributed by atoms with Crippen molar-refractivity contribution in [3.05, 3.63) is 0 Å². The maximum atomic E-state index is 11.7. The number of ether oxygens (including phenoxy) is 1. The highest BCUT2D eigenvalue weighted by molar-refractivity contribution is 5.67. The van der Waals surface area contributed by atoms with Crippen LogP contribution in [-0.2, 0) is 4.74 Å². The predicted octanol–water partition coefficient (Wildman–Crippen LogP) is 1.62. The van der Waals surface area contributed by atoms with E-state index in [1.54, 1.807) is 0 Å². The topological polar surface area (TPSA) is 76.4 Å². The number of nitrogens with two attached hydrogens (primary N) is 1. The van der Waals surface area contributed by atoms with Gasteiger partial charge in [0, 0.05) is 18.0 Å². The van der Waals surface area contributed by atoms with E-state index in [0.29, 0.717) is 12.5 Å². The van der Waals surface area contributed by atoms with E-state index in [2.05, 4.69) is 10.6 Å². The Labute approximate surface area is 122 Å². The molecule has 1 atom stereocenters. The number of nitrogens with one attached hydrogen (secondary N) is 2. The van der Waals surface area contributed by atoms with E-state index in [9.17, 15) is 4.79 Å². The third-order valence-electron chi connectivity index (χ3n) is 4.47. The minimum absolute atomic E-state index is 0.110. The molecule has 1 unspecified atom stereocenters. The maximum Gasteiger partial charge on any atom is 0.407 e. The van der Waals surface area contributed by atoms with Crippen molar-refractivity contribution in [2.75, 3.05) is 19.6 Å². The lowest BCUT2D eigenvalue weighted by atomic mass is 9.81. The van der Waals surface area contributed by atoms with Crippen molar-refractivity contribution in [1.29, 1.82) is 0 Å². The first-order valence-corrected chi connectivity index (χ1v) is 7.76. The monoisotopic (exact) mass is 283 g/mol. The van der Waals surface area contributed by atoms with Crippen LogP contribution in [0.15, 0.2) is 0 Å². The number of piperidine rings is 1. The Kier molecular flexibility index (Phi) is 4.59. The molecule has 0 aromatic heterocycles. The molecule has 1 aliphatic carbocycles. The first kappa shape index (κ1) is 15.6. The second-order valence-electron chi connectivity index (χ2n) is 7.33. The van der Waals surface area contributed by atoms with Crippen LogP contribution in [0.4, 0.5) is 4.79 Å². The first-order valence-electron chi connectivity index (χ1n) is 7.76. The molecule has 5 heteroatoms. The molecule has 1 saturated carbocycles. The molecule has 2 rings (SSSR count). The Morgan fingerprint density at radius 1 is 1.40 bits per heavy atom. The summed E-state index contributed by atoms with van der Waals surface area (Å²) < 4.78 is 5.29. The van der Waals surface area contributed by atoms with Gasteiger partial charge in [0.25, 0.3) is 0 Å². The largest absolute Gasteiger partial charge is 0.444 e. The Balaban J connectivity index is 1.80. The minimum Gasteiger partial charge on any atom is -0.444 e. The number of carbonyl (C=O) groups is 1. The molecule has 20 heavy (non-hydrogen) atoms. The molecule has 1 aliphatic heterocycles. The Hall–Kier alpha value is -0.810. The van der Waals surface area contributed by atoms with Crippen molar-refractivity contribution in [1.82, 2.24) is 10.6 Å². The molecule has 0 spiro atoms. The SMILES string of the molecule is CC(C)(C)OC(=O)NCC1(C(N)C2CCNCC2)CC1. The number of hydrogen-bond acceptors (Lipinski definition) is 4. The smallest absolute Gasteiger partial charge is 0.407 e. The van der Waals surface area contributed by atoms with E-state index < -0.39 is 5.60 Å². The number of amides is 1. The second kappa shape index (κ2) is 5.90. The predicted molar refractivity (Wildman–Crippen MR) is 79.5 cm³/mol. The Bertz CT molecular complexity index is 342. The summed E-state index contributed by atoms with van der Waals surface area (Å²) in [6, 6.07) is 0.194. The van der Waals surface area contributed by atoms with Crippen molar-refractivity contribution in [2.45, 2.75) is 58.1 Å². The lowest BCUT2D eigenvalue weighted by Crippen LogP contribution is -2.48. The number of alkyl carbamates (subject to hydrolysis) is 1. The zero-order valence-electron chi connectivity index (χ0n) is 13.0. The van der Waals surface area contributed by atoms with Crippen molar-refractivity contribution < 1.29 is 9.53 Å². The molecule has 0 bridgehead atoms. The Morgan fingerprint density at radius 2 is 2.00 bits per heavy atom. The van der Waals surface area contributed by atoms with Gasteiger partial charge >= 0.3 is 6.09 Å². The van der Waals surface area contributed by atoms with Crippen LogP contribution in [0.5, 0.6) is 0 Å². The third kappa shape index (κ3) is 4.09. The molecule has 0 aromatic carbocycles. The summed E-state index contributed by atoms with van der Waals surface area (Å²) >= 11 is 0. The maximum absolute atomic E-state index is 11.7. The zero-order valence-corrected chi connectivity index (χ0v) is 13.0. The molecule has 1 heterocycles. The summed E-state index contributed by atoms with van der Waals surface area (Å²) in [6.07, 6.45) is 4.20. The summed E-state index contributed by atoms with van der Waals surface area (Å²) in [6.45, 7) is 8.40. The quantitative estimate of drug-likeness (QED) is 0.733. The molecule has 2 fully saturated rings. The number of hydrogen-bond donors (Lipinski definition) is 3. The molecule has 5 nitrogen and oxygen atoms in total. The highest BCUT2D eigenvalue weighted by Gasteiger charge is 2.50. The molecular formula is C15H29N3O2. The van der Waals surface area contributed by atoms with Crippen LogP contribution >= 0.6 is 0 Å². The summed E-state index contributed by atoms with van der Waals surface area (Å²) in [4.78, 5) is 11.7. The van der Waals surface area contributed by atoms with Gasteiger partial charge in [-0.3, -0.25) is 0 Å². The molecule has 0 radical (unpaired) electrons. The van der Waals surface area contributed by atoms with Gasteiger partial charge < -0.3 is 21.1 Å². The third-order valence-corrected chi connectivity index (χ3v) is 4.47. The zero-order chi connectivity index (χ0) is 14.8. The van der Waals surface area contributed by atoms with Gasteiger partial charge in [-0.2, -0.15) is 0 Å². The Morgan fingerprint density at radius 3 is 2.50 bits per heavy atom. The summed E-state index contributed by atoms with van der Waals surface area (Å²) in [7, 11) is 0. The normalized spacial score (nSPS) is 24.0. The molecule has 1 amide bonds.